The Bertz CT molecular complexity index is 760. The van der Waals surface area contributed by atoms with Crippen LogP contribution in [0.3, 0.4) is 0 Å². The average molecular weight is 433 g/mol. The van der Waals surface area contributed by atoms with E-state index >= 15 is 0 Å². The van der Waals surface area contributed by atoms with Crippen molar-refractivity contribution in [3.63, 3.8) is 0 Å². The van der Waals surface area contributed by atoms with E-state index in [9.17, 15) is 19.2 Å². The van der Waals surface area contributed by atoms with Gasteiger partial charge in [0.25, 0.3) is 0 Å². The van der Waals surface area contributed by atoms with Crippen molar-refractivity contribution in [3.05, 3.63) is 29.8 Å². The summed E-state index contributed by atoms with van der Waals surface area (Å²) in [6.07, 6.45) is 2.54. The number of rotatable bonds is 14. The molecule has 1 aromatic carbocycles. The summed E-state index contributed by atoms with van der Waals surface area (Å²) in [7, 11) is 0. The standard InChI is InChI=1S/C24H36N2O5/c1-6-24(5,31-16-17(2)25-19(4)28)14-13-23(30)26-21-10-7-20(8-11-21)9-12-22(29)15-18(3)27/h7-8,10-11,17H,6,9,12-16H2,1-5H3,(H,25,28)(H,26,30). The van der Waals surface area contributed by atoms with Gasteiger partial charge < -0.3 is 15.4 Å². The number of Topliss-reactive ketones (excluding diaryl/α,β-unsaturated/α-hetero) is 2. The molecule has 0 radical (unpaired) electrons. The zero-order valence-corrected chi connectivity index (χ0v) is 19.4. The summed E-state index contributed by atoms with van der Waals surface area (Å²) in [5, 5.41) is 5.67. The topological polar surface area (TPSA) is 102 Å². The first-order chi connectivity index (χ1) is 14.5. The second-order valence-corrected chi connectivity index (χ2v) is 8.38. The molecule has 172 valence electrons. The molecule has 7 heteroatoms. The monoisotopic (exact) mass is 432 g/mol. The highest BCUT2D eigenvalue weighted by Gasteiger charge is 2.25. The van der Waals surface area contributed by atoms with Gasteiger partial charge in [0.2, 0.25) is 11.8 Å². The van der Waals surface area contributed by atoms with E-state index in [1.807, 2.05) is 45.0 Å². The van der Waals surface area contributed by atoms with Crippen LogP contribution in [0, 0.1) is 0 Å². The van der Waals surface area contributed by atoms with Gasteiger partial charge in [-0.05, 0) is 57.7 Å². The van der Waals surface area contributed by atoms with Crippen LogP contribution in [-0.4, -0.2) is 41.6 Å². The molecule has 0 fully saturated rings. The van der Waals surface area contributed by atoms with Crippen molar-refractivity contribution >= 4 is 29.1 Å². The molecule has 0 bridgehead atoms. The molecule has 0 heterocycles. The summed E-state index contributed by atoms with van der Waals surface area (Å²) in [5.41, 5.74) is 1.23. The summed E-state index contributed by atoms with van der Waals surface area (Å²) >= 11 is 0. The molecule has 1 aromatic rings. The van der Waals surface area contributed by atoms with Crippen LogP contribution in [0.15, 0.2) is 24.3 Å². The number of hydrogen-bond acceptors (Lipinski definition) is 5. The summed E-state index contributed by atoms with van der Waals surface area (Å²) in [4.78, 5) is 46.1. The Balaban J connectivity index is 2.45. The molecule has 0 spiro atoms. The molecule has 0 aliphatic carbocycles. The van der Waals surface area contributed by atoms with Crippen LogP contribution in [-0.2, 0) is 30.3 Å². The Hall–Kier alpha value is -2.54. The second kappa shape index (κ2) is 13.0. The normalized spacial score (nSPS) is 13.7. The zero-order valence-electron chi connectivity index (χ0n) is 19.4. The molecule has 2 atom stereocenters. The highest BCUT2D eigenvalue weighted by Crippen LogP contribution is 2.23. The van der Waals surface area contributed by atoms with Crippen LogP contribution in [0.4, 0.5) is 5.69 Å². The van der Waals surface area contributed by atoms with Gasteiger partial charge in [0, 0.05) is 31.5 Å². The SMILES string of the molecule is CCC(C)(CCC(=O)Nc1ccc(CCC(=O)CC(C)=O)cc1)OCC(C)NC(C)=O. The summed E-state index contributed by atoms with van der Waals surface area (Å²) in [5.74, 6) is -0.364. The third-order valence-corrected chi connectivity index (χ3v) is 5.14. The minimum absolute atomic E-state index is 0.0132. The van der Waals surface area contributed by atoms with Crippen molar-refractivity contribution in [1.82, 2.24) is 5.32 Å². The number of ether oxygens (including phenoxy) is 1. The molecule has 0 saturated heterocycles. The van der Waals surface area contributed by atoms with Gasteiger partial charge in [-0.25, -0.2) is 0 Å². The summed E-state index contributed by atoms with van der Waals surface area (Å²) < 4.78 is 5.98. The van der Waals surface area contributed by atoms with E-state index in [2.05, 4.69) is 10.6 Å². The van der Waals surface area contributed by atoms with Crippen molar-refractivity contribution in [2.24, 2.45) is 0 Å². The molecule has 1 rings (SSSR count). The minimum Gasteiger partial charge on any atom is -0.373 e. The minimum atomic E-state index is -0.444. The first-order valence-electron chi connectivity index (χ1n) is 10.8. The van der Waals surface area contributed by atoms with Gasteiger partial charge in [-0.1, -0.05) is 19.1 Å². The highest BCUT2D eigenvalue weighted by atomic mass is 16.5. The highest BCUT2D eigenvalue weighted by molar-refractivity contribution is 5.98. The first-order valence-corrected chi connectivity index (χ1v) is 10.8. The van der Waals surface area contributed by atoms with Crippen molar-refractivity contribution in [3.8, 4) is 0 Å². The van der Waals surface area contributed by atoms with Crippen LogP contribution in [0.1, 0.15) is 72.3 Å². The van der Waals surface area contributed by atoms with Gasteiger partial charge in [0.1, 0.15) is 11.6 Å². The molecular weight excluding hydrogens is 396 g/mol. The molecule has 0 aromatic heterocycles. The lowest BCUT2D eigenvalue weighted by atomic mass is 9.96. The number of benzene rings is 1. The first kappa shape index (κ1) is 26.5. The van der Waals surface area contributed by atoms with E-state index in [4.69, 9.17) is 4.74 Å². The van der Waals surface area contributed by atoms with Crippen LogP contribution in [0.5, 0.6) is 0 Å². The van der Waals surface area contributed by atoms with E-state index in [-0.39, 0.29) is 35.8 Å². The third-order valence-electron chi connectivity index (χ3n) is 5.14. The number of anilines is 1. The fourth-order valence-corrected chi connectivity index (χ4v) is 3.07. The molecule has 2 unspecified atom stereocenters. The number of amides is 2. The number of hydrogen-bond donors (Lipinski definition) is 2. The number of carbonyl (C=O) groups excluding carboxylic acids is 4. The van der Waals surface area contributed by atoms with E-state index < -0.39 is 5.60 Å². The maximum Gasteiger partial charge on any atom is 0.224 e. The Morgan fingerprint density at radius 3 is 2.26 bits per heavy atom. The number of aryl methyl sites for hydroxylation is 1. The molecular formula is C24H36N2O5. The van der Waals surface area contributed by atoms with Crippen LogP contribution in [0.25, 0.3) is 0 Å². The fraction of sp³-hybridized carbons (Fsp3) is 0.583. The Morgan fingerprint density at radius 1 is 1.06 bits per heavy atom. The maximum absolute atomic E-state index is 12.4. The summed E-state index contributed by atoms with van der Waals surface area (Å²) in [6, 6.07) is 7.28. The molecule has 2 amide bonds. The van der Waals surface area contributed by atoms with E-state index in [0.29, 0.717) is 38.0 Å². The largest absolute Gasteiger partial charge is 0.373 e. The molecule has 7 nitrogen and oxygen atoms in total. The predicted octanol–water partition coefficient (Wildman–Crippen LogP) is 3.60. The number of nitrogens with one attached hydrogen (secondary N) is 2. The molecule has 0 aliphatic rings. The molecule has 0 saturated carbocycles. The van der Waals surface area contributed by atoms with Crippen LogP contribution >= 0.6 is 0 Å². The van der Waals surface area contributed by atoms with Gasteiger partial charge in [-0.15, -0.1) is 0 Å². The molecule has 2 N–H and O–H groups in total. The number of carbonyl (C=O) groups is 4. The van der Waals surface area contributed by atoms with E-state index in [1.165, 1.54) is 13.8 Å². The lowest BCUT2D eigenvalue weighted by Crippen LogP contribution is -2.39. The maximum atomic E-state index is 12.4. The van der Waals surface area contributed by atoms with Crippen LogP contribution in [0.2, 0.25) is 0 Å². The molecule has 31 heavy (non-hydrogen) atoms. The fourth-order valence-electron chi connectivity index (χ4n) is 3.07. The summed E-state index contributed by atoms with van der Waals surface area (Å²) in [6.45, 7) is 9.15. The lowest BCUT2D eigenvalue weighted by Gasteiger charge is -2.30. The van der Waals surface area contributed by atoms with Crippen molar-refractivity contribution in [2.75, 3.05) is 11.9 Å². The smallest absolute Gasteiger partial charge is 0.224 e. The van der Waals surface area contributed by atoms with Crippen LogP contribution < -0.4 is 10.6 Å². The number of ketones is 2. The van der Waals surface area contributed by atoms with E-state index in [1.54, 1.807) is 0 Å². The Labute approximate surface area is 185 Å². The lowest BCUT2D eigenvalue weighted by molar-refractivity contribution is -0.126. The van der Waals surface area contributed by atoms with Crippen molar-refractivity contribution < 1.29 is 23.9 Å². The van der Waals surface area contributed by atoms with Gasteiger partial charge in [-0.2, -0.15) is 0 Å². The molecule has 0 aliphatic heterocycles. The average Bonchev–Trinajstić information content (AvgIpc) is 2.69. The van der Waals surface area contributed by atoms with Gasteiger partial charge in [0.15, 0.2) is 0 Å². The van der Waals surface area contributed by atoms with Gasteiger partial charge in [-0.3, -0.25) is 19.2 Å². The second-order valence-electron chi connectivity index (χ2n) is 8.38. The quantitative estimate of drug-likeness (QED) is 0.438. The third kappa shape index (κ3) is 11.4. The Kier molecular flexibility index (Phi) is 11.1. The van der Waals surface area contributed by atoms with Crippen molar-refractivity contribution in [1.29, 1.82) is 0 Å². The Morgan fingerprint density at radius 2 is 1.71 bits per heavy atom. The zero-order chi connectivity index (χ0) is 23.4. The van der Waals surface area contributed by atoms with E-state index in [0.717, 1.165) is 12.0 Å². The predicted molar refractivity (Wildman–Crippen MR) is 121 cm³/mol. The van der Waals surface area contributed by atoms with Gasteiger partial charge >= 0.3 is 0 Å². The van der Waals surface area contributed by atoms with Gasteiger partial charge in [0.05, 0.1) is 18.6 Å². The van der Waals surface area contributed by atoms with Crippen molar-refractivity contribution in [2.45, 2.75) is 84.8 Å².